The molecule has 1 aliphatic heterocycles. The second kappa shape index (κ2) is 4.74. The Bertz CT molecular complexity index is 365. The molecule has 1 aliphatic rings. The van der Waals surface area contributed by atoms with Crippen molar-refractivity contribution in [3.63, 3.8) is 0 Å². The van der Waals surface area contributed by atoms with Gasteiger partial charge in [0, 0.05) is 25.2 Å². The third-order valence-electron chi connectivity index (χ3n) is 3.38. The van der Waals surface area contributed by atoms with Crippen LogP contribution in [0.3, 0.4) is 0 Å². The van der Waals surface area contributed by atoms with Crippen molar-refractivity contribution >= 4 is 0 Å². The molecule has 1 aromatic heterocycles. The van der Waals surface area contributed by atoms with Crippen LogP contribution in [0.15, 0.2) is 6.33 Å². The topological polar surface area (TPSA) is 60.0 Å². The van der Waals surface area contributed by atoms with Crippen LogP contribution in [-0.4, -0.2) is 38.3 Å². The van der Waals surface area contributed by atoms with Crippen LogP contribution in [0.5, 0.6) is 0 Å². The van der Waals surface area contributed by atoms with Crippen LogP contribution in [-0.2, 0) is 13.1 Å². The van der Waals surface area contributed by atoms with Crippen LogP contribution in [0, 0.1) is 5.92 Å². The second-order valence-electron chi connectivity index (χ2n) is 5.61. The molecular weight excluding hydrogens is 214 g/mol. The van der Waals surface area contributed by atoms with Gasteiger partial charge in [0.25, 0.3) is 0 Å². The first kappa shape index (κ1) is 12.5. The standard InChI is InChI=1S/C12H23N5/c1-4-12(13)7-16(8-12)6-11-14-9-15-17(11)5-10(2)3/h9-10H,4-8,13H2,1-3H3. The van der Waals surface area contributed by atoms with Crippen molar-refractivity contribution in [2.45, 2.75) is 45.8 Å². The summed E-state index contributed by atoms with van der Waals surface area (Å²) in [6, 6.07) is 0. The van der Waals surface area contributed by atoms with Crippen LogP contribution in [0.1, 0.15) is 33.0 Å². The van der Waals surface area contributed by atoms with E-state index >= 15 is 0 Å². The van der Waals surface area contributed by atoms with Gasteiger partial charge in [-0.05, 0) is 12.3 Å². The maximum atomic E-state index is 6.16. The minimum atomic E-state index is 0.0307. The molecule has 17 heavy (non-hydrogen) atoms. The number of rotatable bonds is 5. The number of nitrogens with two attached hydrogens (primary N) is 1. The van der Waals surface area contributed by atoms with Gasteiger partial charge in [-0.2, -0.15) is 5.10 Å². The number of hydrogen-bond donors (Lipinski definition) is 1. The molecule has 0 atom stereocenters. The molecule has 1 fully saturated rings. The van der Waals surface area contributed by atoms with Crippen LogP contribution < -0.4 is 5.73 Å². The summed E-state index contributed by atoms with van der Waals surface area (Å²) in [5, 5.41) is 4.27. The van der Waals surface area contributed by atoms with E-state index in [0.717, 1.165) is 38.4 Å². The number of hydrogen-bond acceptors (Lipinski definition) is 4. The Morgan fingerprint density at radius 3 is 2.76 bits per heavy atom. The number of aromatic nitrogens is 3. The molecule has 5 nitrogen and oxygen atoms in total. The van der Waals surface area contributed by atoms with Gasteiger partial charge in [0.05, 0.1) is 6.54 Å². The summed E-state index contributed by atoms with van der Waals surface area (Å²) < 4.78 is 2.01. The summed E-state index contributed by atoms with van der Waals surface area (Å²) in [5.41, 5.74) is 6.19. The lowest BCUT2D eigenvalue weighted by Gasteiger charge is -2.47. The molecule has 1 saturated heterocycles. The minimum absolute atomic E-state index is 0.0307. The van der Waals surface area contributed by atoms with E-state index in [9.17, 15) is 0 Å². The van der Waals surface area contributed by atoms with Gasteiger partial charge in [-0.15, -0.1) is 0 Å². The zero-order valence-corrected chi connectivity index (χ0v) is 11.1. The Hall–Kier alpha value is -0.940. The summed E-state index contributed by atoms with van der Waals surface area (Å²) in [7, 11) is 0. The number of likely N-dealkylation sites (tertiary alicyclic amines) is 1. The van der Waals surface area contributed by atoms with Crippen LogP contribution in [0.25, 0.3) is 0 Å². The first-order chi connectivity index (χ1) is 8.02. The summed E-state index contributed by atoms with van der Waals surface area (Å²) in [6.45, 7) is 10.3. The van der Waals surface area contributed by atoms with Gasteiger partial charge in [-0.3, -0.25) is 4.90 Å². The zero-order valence-electron chi connectivity index (χ0n) is 11.1. The van der Waals surface area contributed by atoms with E-state index in [0.29, 0.717) is 5.92 Å². The Balaban J connectivity index is 1.90. The predicted octanol–water partition coefficient (Wildman–Crippen LogP) is 0.857. The van der Waals surface area contributed by atoms with Gasteiger partial charge in [-0.25, -0.2) is 9.67 Å². The van der Waals surface area contributed by atoms with E-state index in [4.69, 9.17) is 5.73 Å². The second-order valence-corrected chi connectivity index (χ2v) is 5.61. The predicted molar refractivity (Wildman–Crippen MR) is 67.3 cm³/mol. The fraction of sp³-hybridized carbons (Fsp3) is 0.833. The average molecular weight is 237 g/mol. The molecule has 0 aromatic carbocycles. The molecular formula is C12H23N5. The zero-order chi connectivity index (χ0) is 12.5. The molecule has 0 unspecified atom stereocenters. The molecule has 1 aromatic rings. The van der Waals surface area contributed by atoms with Gasteiger partial charge >= 0.3 is 0 Å². The summed E-state index contributed by atoms with van der Waals surface area (Å²) >= 11 is 0. The van der Waals surface area contributed by atoms with E-state index < -0.39 is 0 Å². The van der Waals surface area contributed by atoms with E-state index in [1.54, 1.807) is 6.33 Å². The smallest absolute Gasteiger partial charge is 0.141 e. The lowest BCUT2D eigenvalue weighted by Crippen LogP contribution is -2.66. The molecule has 0 saturated carbocycles. The van der Waals surface area contributed by atoms with E-state index in [1.165, 1.54) is 0 Å². The summed E-state index contributed by atoms with van der Waals surface area (Å²) in [5.74, 6) is 1.65. The largest absolute Gasteiger partial charge is 0.323 e. The molecule has 96 valence electrons. The first-order valence-corrected chi connectivity index (χ1v) is 6.40. The fourth-order valence-electron chi connectivity index (χ4n) is 2.29. The molecule has 0 spiro atoms. The highest BCUT2D eigenvalue weighted by Crippen LogP contribution is 2.22. The summed E-state index contributed by atoms with van der Waals surface area (Å²) in [6.07, 6.45) is 2.69. The van der Waals surface area contributed by atoms with Crippen molar-refractivity contribution in [3.8, 4) is 0 Å². The maximum Gasteiger partial charge on any atom is 0.141 e. The third kappa shape index (κ3) is 2.84. The van der Waals surface area contributed by atoms with Gasteiger partial charge in [-0.1, -0.05) is 20.8 Å². The lowest BCUT2D eigenvalue weighted by molar-refractivity contribution is 0.0567. The molecule has 2 N–H and O–H groups in total. The van der Waals surface area contributed by atoms with Crippen LogP contribution in [0.2, 0.25) is 0 Å². The molecule has 0 bridgehead atoms. The molecule has 0 radical (unpaired) electrons. The Kier molecular flexibility index (Phi) is 3.49. The van der Waals surface area contributed by atoms with Crippen molar-refractivity contribution in [2.75, 3.05) is 13.1 Å². The highest BCUT2D eigenvalue weighted by Gasteiger charge is 2.37. The number of nitrogens with zero attached hydrogens (tertiary/aromatic N) is 4. The van der Waals surface area contributed by atoms with Crippen molar-refractivity contribution < 1.29 is 0 Å². The Labute approximate surface area is 103 Å². The van der Waals surface area contributed by atoms with E-state index in [-0.39, 0.29) is 5.54 Å². The third-order valence-corrected chi connectivity index (χ3v) is 3.38. The van der Waals surface area contributed by atoms with Crippen molar-refractivity contribution in [3.05, 3.63) is 12.2 Å². The van der Waals surface area contributed by atoms with Gasteiger partial charge in [0.15, 0.2) is 0 Å². The fourth-order valence-corrected chi connectivity index (χ4v) is 2.29. The van der Waals surface area contributed by atoms with Gasteiger partial charge in [0.1, 0.15) is 12.2 Å². The molecule has 5 heteroatoms. The highest BCUT2D eigenvalue weighted by molar-refractivity contribution is 5.00. The minimum Gasteiger partial charge on any atom is -0.323 e. The lowest BCUT2D eigenvalue weighted by atomic mass is 9.88. The Morgan fingerprint density at radius 1 is 1.47 bits per heavy atom. The summed E-state index contributed by atoms with van der Waals surface area (Å²) in [4.78, 5) is 6.67. The highest BCUT2D eigenvalue weighted by atomic mass is 15.4. The molecule has 0 amide bonds. The quantitative estimate of drug-likeness (QED) is 0.825. The average Bonchev–Trinajstić information content (AvgIpc) is 2.62. The van der Waals surface area contributed by atoms with Gasteiger partial charge < -0.3 is 5.73 Å². The maximum absolute atomic E-state index is 6.16. The first-order valence-electron chi connectivity index (χ1n) is 6.40. The Morgan fingerprint density at radius 2 is 2.18 bits per heavy atom. The normalized spacial score (nSPS) is 19.6. The van der Waals surface area contributed by atoms with Crippen molar-refractivity contribution in [1.82, 2.24) is 19.7 Å². The SMILES string of the molecule is CCC1(N)CN(Cc2ncnn2CC(C)C)C1. The van der Waals surface area contributed by atoms with Crippen LogP contribution >= 0.6 is 0 Å². The molecule has 0 aliphatic carbocycles. The van der Waals surface area contributed by atoms with E-state index in [1.807, 2.05) is 4.68 Å². The van der Waals surface area contributed by atoms with Gasteiger partial charge in [0.2, 0.25) is 0 Å². The molecule has 2 rings (SSSR count). The monoisotopic (exact) mass is 237 g/mol. The van der Waals surface area contributed by atoms with Crippen molar-refractivity contribution in [2.24, 2.45) is 11.7 Å². The van der Waals surface area contributed by atoms with Crippen LogP contribution in [0.4, 0.5) is 0 Å². The molecule has 2 heterocycles. The van der Waals surface area contributed by atoms with Crippen molar-refractivity contribution in [1.29, 1.82) is 0 Å². The van der Waals surface area contributed by atoms with E-state index in [2.05, 4.69) is 35.8 Å².